The number of rotatable bonds is 5. The first-order valence-corrected chi connectivity index (χ1v) is 14.9. The zero-order chi connectivity index (χ0) is 29.9. The molecule has 7 nitrogen and oxygen atoms in total. The molecule has 3 heterocycles. The van der Waals surface area contributed by atoms with Crippen LogP contribution in [0.1, 0.15) is 92.9 Å². The summed E-state index contributed by atoms with van der Waals surface area (Å²) in [5, 5.41) is 0. The Kier molecular flexibility index (Phi) is 16.2. The van der Waals surface area contributed by atoms with Crippen LogP contribution in [0.4, 0.5) is 10.2 Å². The third-order valence-corrected chi connectivity index (χ3v) is 7.37. The average molecular weight is 566 g/mol. The highest BCUT2D eigenvalue weighted by Crippen LogP contribution is 2.27. The van der Waals surface area contributed by atoms with Crippen LogP contribution in [-0.4, -0.2) is 45.7 Å². The first-order chi connectivity index (χ1) is 19.8. The summed E-state index contributed by atoms with van der Waals surface area (Å²) < 4.78 is 22.9. The normalized spacial score (nSPS) is 21.9. The minimum Gasteiger partial charge on any atom is -0.464 e. The van der Waals surface area contributed by atoms with Crippen LogP contribution in [0.2, 0.25) is 0 Å². The molecular weight excluding hydrogens is 517 g/mol. The van der Waals surface area contributed by atoms with Gasteiger partial charge in [-0.25, -0.2) is 19.9 Å². The van der Waals surface area contributed by atoms with E-state index in [1.807, 2.05) is 6.07 Å². The molecule has 2 aromatic rings. The van der Waals surface area contributed by atoms with Crippen LogP contribution in [0.3, 0.4) is 0 Å². The Balaban J connectivity index is 0.000000237. The van der Waals surface area contributed by atoms with Gasteiger partial charge in [0.05, 0.1) is 6.07 Å². The van der Waals surface area contributed by atoms with Crippen LogP contribution in [0.15, 0.2) is 24.8 Å². The van der Waals surface area contributed by atoms with E-state index in [0.717, 1.165) is 36.6 Å². The summed E-state index contributed by atoms with van der Waals surface area (Å²) in [7, 11) is 0. The molecule has 41 heavy (non-hydrogen) atoms. The predicted molar refractivity (Wildman–Crippen MR) is 163 cm³/mol. The molecule has 2 fully saturated rings. The Labute approximate surface area is 247 Å². The van der Waals surface area contributed by atoms with Crippen LogP contribution >= 0.6 is 0 Å². The van der Waals surface area contributed by atoms with Gasteiger partial charge in [-0.3, -0.25) is 0 Å². The fourth-order valence-electron chi connectivity index (χ4n) is 4.84. The van der Waals surface area contributed by atoms with Gasteiger partial charge in [-0.05, 0) is 51.4 Å². The molecule has 224 valence electrons. The second-order valence-corrected chi connectivity index (χ2v) is 11.1. The summed E-state index contributed by atoms with van der Waals surface area (Å²) in [6.45, 7) is 14.5. The zero-order valence-corrected chi connectivity index (χ0v) is 25.8. The molecule has 0 amide bonds. The molecule has 1 aliphatic heterocycles. The van der Waals surface area contributed by atoms with E-state index in [0.29, 0.717) is 24.4 Å². The van der Waals surface area contributed by atoms with Gasteiger partial charge in [0.15, 0.2) is 13.2 Å². The molecule has 8 heteroatoms. The summed E-state index contributed by atoms with van der Waals surface area (Å²) in [4.78, 5) is 17.9. The molecule has 1 aliphatic carbocycles. The van der Waals surface area contributed by atoms with Gasteiger partial charge in [0, 0.05) is 18.7 Å². The van der Waals surface area contributed by atoms with Crippen molar-refractivity contribution >= 4 is 5.82 Å². The third-order valence-electron chi connectivity index (χ3n) is 7.37. The summed E-state index contributed by atoms with van der Waals surface area (Å²) in [6, 6.07) is 3.54. The molecule has 4 rings (SSSR count). The SMILES string of the molecule is CC#CCOc1cc(F)ncn1.CC#CCOc1cc(N2CC(C)CCCC2C)ncn1.CC1CCCC(C)CC1. The fraction of sp³-hybridized carbons (Fsp3) is 0.636. The van der Waals surface area contributed by atoms with E-state index in [4.69, 9.17) is 9.47 Å². The van der Waals surface area contributed by atoms with Gasteiger partial charge in [0.1, 0.15) is 18.5 Å². The number of hydrogen-bond acceptors (Lipinski definition) is 7. The molecule has 4 atom stereocenters. The molecular formula is C33H48FN5O2. The van der Waals surface area contributed by atoms with Gasteiger partial charge in [0.2, 0.25) is 17.7 Å². The highest BCUT2D eigenvalue weighted by atomic mass is 19.1. The lowest BCUT2D eigenvalue weighted by Gasteiger charge is -2.29. The number of anilines is 1. The summed E-state index contributed by atoms with van der Waals surface area (Å²) >= 11 is 0. The van der Waals surface area contributed by atoms with Crippen LogP contribution in [-0.2, 0) is 0 Å². The molecule has 0 radical (unpaired) electrons. The minimum absolute atomic E-state index is 0.199. The van der Waals surface area contributed by atoms with Gasteiger partial charge in [-0.2, -0.15) is 4.39 Å². The average Bonchev–Trinajstić information content (AvgIpc) is 3.26. The molecule has 2 aliphatic rings. The Morgan fingerprint density at radius 1 is 0.732 bits per heavy atom. The molecule has 0 aromatic carbocycles. The molecule has 4 unspecified atom stereocenters. The molecule has 0 N–H and O–H groups in total. The topological polar surface area (TPSA) is 73.3 Å². The molecule has 0 bridgehead atoms. The lowest BCUT2D eigenvalue weighted by molar-refractivity contribution is 0.350. The van der Waals surface area contributed by atoms with E-state index >= 15 is 0 Å². The van der Waals surface area contributed by atoms with Gasteiger partial charge in [-0.15, -0.1) is 11.8 Å². The number of ether oxygens (including phenoxy) is 2. The number of aromatic nitrogens is 4. The standard InChI is InChI=1S/C16H23N3O.C9H18.C8H7FN2O/c1-4-5-9-20-16-10-15(17-12-18-16)19-11-13(2)7-6-8-14(19)3;1-8-4-3-5-9(2)7-6-8;1-2-3-4-12-8-5-7(9)10-6-11-8/h10,12-14H,6-9,11H2,1-3H3;8-9H,3-7H2,1-2H3;5-6H,4H2,1H3. The third kappa shape index (κ3) is 14.2. The fourth-order valence-corrected chi connectivity index (χ4v) is 4.84. The lowest BCUT2D eigenvalue weighted by atomic mass is 10.0. The van der Waals surface area contributed by atoms with E-state index in [-0.39, 0.29) is 12.5 Å². The van der Waals surface area contributed by atoms with Crippen molar-refractivity contribution in [1.29, 1.82) is 0 Å². The molecule has 0 spiro atoms. The maximum atomic E-state index is 12.4. The predicted octanol–water partition coefficient (Wildman–Crippen LogP) is 7.13. The smallest absolute Gasteiger partial charge is 0.220 e. The van der Waals surface area contributed by atoms with Crippen LogP contribution in [0, 0.1) is 47.4 Å². The van der Waals surface area contributed by atoms with Crippen molar-refractivity contribution in [2.45, 2.75) is 99.0 Å². The second-order valence-electron chi connectivity index (χ2n) is 11.1. The number of nitrogens with zero attached hydrogens (tertiary/aromatic N) is 5. The van der Waals surface area contributed by atoms with Crippen molar-refractivity contribution in [3.05, 3.63) is 30.7 Å². The monoisotopic (exact) mass is 565 g/mol. The van der Waals surface area contributed by atoms with Crippen molar-refractivity contribution in [2.24, 2.45) is 17.8 Å². The van der Waals surface area contributed by atoms with Gasteiger partial charge < -0.3 is 14.4 Å². The van der Waals surface area contributed by atoms with Crippen molar-refractivity contribution in [1.82, 2.24) is 19.9 Å². The van der Waals surface area contributed by atoms with Crippen LogP contribution in [0.5, 0.6) is 11.8 Å². The highest BCUT2D eigenvalue weighted by Gasteiger charge is 2.22. The Morgan fingerprint density at radius 2 is 1.27 bits per heavy atom. The Hall–Kier alpha value is -3.39. The molecule has 1 saturated heterocycles. The lowest BCUT2D eigenvalue weighted by Crippen LogP contribution is -2.35. The Morgan fingerprint density at radius 3 is 1.85 bits per heavy atom. The summed E-state index contributed by atoms with van der Waals surface area (Å²) in [6.07, 6.45) is 13.8. The molecule has 1 saturated carbocycles. The number of halogens is 1. The first-order valence-electron chi connectivity index (χ1n) is 14.9. The first kappa shape index (κ1) is 33.8. The largest absolute Gasteiger partial charge is 0.464 e. The van der Waals surface area contributed by atoms with E-state index < -0.39 is 5.95 Å². The van der Waals surface area contributed by atoms with E-state index in [9.17, 15) is 4.39 Å². The van der Waals surface area contributed by atoms with Crippen molar-refractivity contribution in [2.75, 3.05) is 24.7 Å². The zero-order valence-electron chi connectivity index (χ0n) is 25.8. The van der Waals surface area contributed by atoms with Crippen LogP contribution < -0.4 is 14.4 Å². The van der Waals surface area contributed by atoms with Gasteiger partial charge >= 0.3 is 0 Å². The van der Waals surface area contributed by atoms with Crippen LogP contribution in [0.25, 0.3) is 0 Å². The maximum Gasteiger partial charge on any atom is 0.220 e. The van der Waals surface area contributed by atoms with Crippen molar-refractivity contribution in [3.8, 4) is 35.4 Å². The summed E-state index contributed by atoms with van der Waals surface area (Å²) in [5.41, 5.74) is 0. The number of hydrogen-bond donors (Lipinski definition) is 0. The maximum absolute atomic E-state index is 12.4. The van der Waals surface area contributed by atoms with Crippen molar-refractivity contribution in [3.63, 3.8) is 0 Å². The van der Waals surface area contributed by atoms with Gasteiger partial charge in [0.25, 0.3) is 0 Å². The highest BCUT2D eigenvalue weighted by molar-refractivity contribution is 5.42. The quantitative estimate of drug-likeness (QED) is 0.217. The van der Waals surface area contributed by atoms with E-state index in [1.165, 1.54) is 51.4 Å². The Bertz CT molecular complexity index is 1130. The van der Waals surface area contributed by atoms with E-state index in [1.54, 1.807) is 20.2 Å². The minimum atomic E-state index is -0.607. The summed E-state index contributed by atoms with van der Waals surface area (Å²) in [5.74, 6) is 14.9. The van der Waals surface area contributed by atoms with Gasteiger partial charge in [-0.1, -0.05) is 71.1 Å². The van der Waals surface area contributed by atoms with E-state index in [2.05, 4.69) is 76.2 Å². The molecule has 2 aromatic heterocycles. The van der Waals surface area contributed by atoms with Crippen molar-refractivity contribution < 1.29 is 13.9 Å². The second kappa shape index (κ2) is 19.6.